The Morgan fingerprint density at radius 1 is 0.714 bits per heavy atom. The second-order valence-electron chi connectivity index (χ2n) is 10.4. The van der Waals surface area contributed by atoms with Gasteiger partial charge in [-0.3, -0.25) is 0 Å². The molecule has 1 heterocycles. The van der Waals surface area contributed by atoms with E-state index in [-0.39, 0.29) is 35.6 Å². The van der Waals surface area contributed by atoms with Gasteiger partial charge in [0.15, 0.2) is 0 Å². The van der Waals surface area contributed by atoms with Crippen molar-refractivity contribution in [3.63, 3.8) is 0 Å². The smallest absolute Gasteiger partial charge is 1.00 e. The number of pyridine rings is 1. The van der Waals surface area contributed by atoms with Crippen molar-refractivity contribution in [2.24, 2.45) is 0 Å². The maximum Gasteiger partial charge on any atom is -1.00 e. The Morgan fingerprint density at radius 3 is 1.37 bits per heavy atom. The van der Waals surface area contributed by atoms with Gasteiger partial charge in [0.2, 0.25) is 0 Å². The molecule has 192 valence electrons. The van der Waals surface area contributed by atoms with Crippen molar-refractivity contribution in [2.75, 3.05) is 0 Å². The van der Waals surface area contributed by atoms with Crippen LogP contribution in [-0.4, -0.2) is 19.5 Å². The van der Waals surface area contributed by atoms with Crippen LogP contribution in [0, 0.1) is 20.8 Å². The summed E-state index contributed by atoms with van der Waals surface area (Å²) in [6.45, 7) is 18.7. The van der Waals surface area contributed by atoms with Gasteiger partial charge in [0, 0.05) is 0 Å². The summed E-state index contributed by atoms with van der Waals surface area (Å²) >= 11 is 2.02. The first-order valence-electron chi connectivity index (χ1n) is 11.2. The normalized spacial score (nSPS) is 10.3. The fraction of sp³-hybridized carbons (Fsp3) is 0.379. The van der Waals surface area contributed by atoms with Gasteiger partial charge >= 0.3 is 65.8 Å². The number of aromatic hydroxyl groups is 2. The molecule has 6 heteroatoms. The van der Waals surface area contributed by atoms with Crippen molar-refractivity contribution in [3.8, 4) is 11.5 Å². The first-order valence-corrected chi connectivity index (χ1v) is 12.1. The van der Waals surface area contributed by atoms with E-state index in [0.29, 0.717) is 11.5 Å². The van der Waals surface area contributed by atoms with Crippen LogP contribution in [-0.2, 0) is 30.8 Å². The maximum atomic E-state index is 9.57. The molecule has 3 rings (SSSR count). The number of aryl methyl sites for hydroxylation is 3. The number of hydrogen-bond acceptors (Lipinski definition) is 3. The zero-order valence-corrected chi connectivity index (χ0v) is 25.4. The Morgan fingerprint density at radius 2 is 1.11 bits per heavy atom. The Labute approximate surface area is 236 Å². The van der Waals surface area contributed by atoms with Crippen molar-refractivity contribution in [1.29, 1.82) is 0 Å². The Bertz CT molecular complexity index is 1010. The molecule has 0 saturated heterocycles. The fourth-order valence-electron chi connectivity index (χ4n) is 3.13. The number of halogens is 2. The number of rotatable bonds is 1. The van der Waals surface area contributed by atoms with E-state index in [4.69, 9.17) is 0 Å². The molecule has 0 radical (unpaired) electrons. The predicted octanol–water partition coefficient (Wildman–Crippen LogP) is 1.09. The molecule has 3 aromatic rings. The summed E-state index contributed by atoms with van der Waals surface area (Å²) in [6.07, 6.45) is 3.68. The van der Waals surface area contributed by atoms with Gasteiger partial charge in [-0.1, -0.05) is 76.9 Å². The van der Waals surface area contributed by atoms with Crippen LogP contribution in [0.1, 0.15) is 74.9 Å². The number of aromatic nitrogens is 1. The zero-order valence-electron chi connectivity index (χ0n) is 22.4. The average molecular weight is 552 g/mol. The molecule has 0 aliphatic heterocycles. The number of nitrogens with zero attached hydrogens (tertiary/aromatic N) is 1. The van der Waals surface area contributed by atoms with Crippen molar-refractivity contribution in [3.05, 3.63) is 88.2 Å². The first kappa shape index (κ1) is 35.5. The van der Waals surface area contributed by atoms with E-state index in [1.165, 1.54) is 22.3 Å². The molecule has 0 aliphatic rings. The van der Waals surface area contributed by atoms with Crippen LogP contribution >= 0.6 is 0 Å². The van der Waals surface area contributed by atoms with Crippen molar-refractivity contribution in [2.45, 2.75) is 73.1 Å². The molecule has 0 unspecified atom stereocenters. The Balaban J connectivity index is 0. The van der Waals surface area contributed by atoms with Crippen LogP contribution in [0.15, 0.2) is 54.9 Å². The standard InChI is InChI=1S/2C11H16O.C7H7N.2ClH.Ti/c2*1-8-5-6-10(12)9(7-8)11(2,3)4;1-6-3-4-8-5-7(6)2;;;/h2*5-7,12H,1-4H3;2-5H,1H3;2*1H;/p-2. The van der Waals surface area contributed by atoms with Gasteiger partial charge < -0.3 is 35.0 Å². The summed E-state index contributed by atoms with van der Waals surface area (Å²) < 4.78 is 2.06. The molecule has 0 bridgehead atoms. The largest absolute Gasteiger partial charge is 1.00 e. The molecule has 2 aromatic carbocycles. The van der Waals surface area contributed by atoms with Gasteiger partial charge in [-0.25, -0.2) is 0 Å². The van der Waals surface area contributed by atoms with Gasteiger partial charge in [-0.05, 0) is 47.9 Å². The number of benzene rings is 2. The summed E-state index contributed by atoms with van der Waals surface area (Å²) in [4.78, 5) is 3.99. The van der Waals surface area contributed by atoms with Gasteiger partial charge in [-0.2, -0.15) is 0 Å². The fourth-order valence-corrected chi connectivity index (χ4v) is 3.60. The van der Waals surface area contributed by atoms with Gasteiger partial charge in [0.25, 0.3) is 0 Å². The number of hydrogen-bond donors (Lipinski definition) is 2. The third-order valence-corrected chi connectivity index (χ3v) is 5.64. The van der Waals surface area contributed by atoms with E-state index in [2.05, 4.69) is 57.8 Å². The zero-order chi connectivity index (χ0) is 25.4. The van der Waals surface area contributed by atoms with Crippen LogP contribution in [0.5, 0.6) is 11.5 Å². The minimum atomic E-state index is 0. The molecule has 0 spiro atoms. The molecule has 35 heavy (non-hydrogen) atoms. The molecule has 0 amide bonds. The minimum absolute atomic E-state index is 0. The molecule has 0 fully saturated rings. The Kier molecular flexibility index (Phi) is 15.7. The Hall–Kier alpha value is -1.65. The topological polar surface area (TPSA) is 53.4 Å². The summed E-state index contributed by atoms with van der Waals surface area (Å²) in [6, 6.07) is 13.4. The summed E-state index contributed by atoms with van der Waals surface area (Å²) in [5.41, 5.74) is 6.97. The summed E-state index contributed by atoms with van der Waals surface area (Å²) in [5, 5.41) is 19.1. The van der Waals surface area contributed by atoms with Crippen LogP contribution < -0.4 is 24.8 Å². The molecule has 0 atom stereocenters. The predicted molar refractivity (Wildman–Crippen MR) is 137 cm³/mol. The van der Waals surface area contributed by atoms with Gasteiger partial charge in [-0.15, -0.1) is 0 Å². The molecular formula is C29H39Cl2NO2Ti-2. The van der Waals surface area contributed by atoms with Crippen molar-refractivity contribution >= 4 is 4.31 Å². The van der Waals surface area contributed by atoms with Crippen molar-refractivity contribution in [1.82, 2.24) is 4.98 Å². The van der Waals surface area contributed by atoms with Crippen LogP contribution in [0.2, 0.25) is 0 Å². The van der Waals surface area contributed by atoms with Crippen LogP contribution in [0.4, 0.5) is 0 Å². The second-order valence-corrected chi connectivity index (χ2v) is 10.9. The SMILES string of the molecule is Cc1ccc(O)c(C(C)(C)C)c1.Cc1ccc(O)c(C(C)(C)C)c1.Cc1ccncc1[CH]=[Ti].[Cl-].[Cl-]. The van der Waals surface area contributed by atoms with Crippen LogP contribution in [0.3, 0.4) is 0 Å². The molecule has 3 nitrogen and oxygen atoms in total. The molecular weight excluding hydrogens is 513 g/mol. The van der Waals surface area contributed by atoms with Gasteiger partial charge in [0.1, 0.15) is 11.5 Å². The van der Waals surface area contributed by atoms with E-state index in [1.807, 2.05) is 76.5 Å². The minimum Gasteiger partial charge on any atom is -1.00 e. The third kappa shape index (κ3) is 12.2. The molecule has 0 aliphatic carbocycles. The quantitative estimate of drug-likeness (QED) is 0.445. The second kappa shape index (κ2) is 15.5. The number of phenolic OH excluding ortho intramolecular Hbond substituents is 2. The third-order valence-electron chi connectivity index (χ3n) is 5.16. The number of phenols is 2. The molecule has 1 aromatic heterocycles. The van der Waals surface area contributed by atoms with E-state index < -0.39 is 0 Å². The summed E-state index contributed by atoms with van der Waals surface area (Å²) in [5.74, 6) is 0.793. The molecule has 2 N–H and O–H groups in total. The van der Waals surface area contributed by atoms with E-state index in [9.17, 15) is 10.2 Å². The van der Waals surface area contributed by atoms with Gasteiger partial charge in [0.05, 0.1) is 0 Å². The monoisotopic (exact) mass is 551 g/mol. The summed E-state index contributed by atoms with van der Waals surface area (Å²) in [7, 11) is 0. The van der Waals surface area contributed by atoms with E-state index >= 15 is 0 Å². The maximum absolute atomic E-state index is 9.57. The van der Waals surface area contributed by atoms with Crippen LogP contribution in [0.25, 0.3) is 0 Å². The van der Waals surface area contributed by atoms with E-state index in [1.54, 1.807) is 12.1 Å². The van der Waals surface area contributed by atoms with Crippen molar-refractivity contribution < 1.29 is 55.0 Å². The van der Waals surface area contributed by atoms with E-state index in [0.717, 1.165) is 11.1 Å². The average Bonchev–Trinajstić information content (AvgIpc) is 2.71. The molecule has 0 saturated carbocycles. The first-order chi connectivity index (χ1) is 15.2.